The number of anilines is 1. The number of tetrazole rings is 1. The lowest BCUT2D eigenvalue weighted by atomic mass is 10.0. The molecule has 4 rings (SSSR count). The highest BCUT2D eigenvalue weighted by Gasteiger charge is 2.32. The van der Waals surface area contributed by atoms with Crippen molar-refractivity contribution >= 4 is 11.5 Å². The van der Waals surface area contributed by atoms with Gasteiger partial charge in [-0.15, -0.1) is 14.8 Å². The molecule has 20 heavy (non-hydrogen) atoms. The van der Waals surface area contributed by atoms with E-state index < -0.39 is 0 Å². The molecule has 1 N–H and O–H groups in total. The van der Waals surface area contributed by atoms with Gasteiger partial charge < -0.3 is 10.2 Å². The lowest BCUT2D eigenvalue weighted by molar-refractivity contribution is 0.397. The van der Waals surface area contributed by atoms with Crippen LogP contribution in [-0.2, 0) is 0 Å². The molecule has 2 aromatic rings. The van der Waals surface area contributed by atoms with Gasteiger partial charge in [0.15, 0.2) is 11.5 Å². The number of rotatable bonds is 4. The molecule has 0 bridgehead atoms. The maximum Gasteiger partial charge on any atom is 0.200 e. The van der Waals surface area contributed by atoms with Crippen LogP contribution in [0.3, 0.4) is 0 Å². The lowest BCUT2D eigenvalue weighted by Gasteiger charge is -2.31. The highest BCUT2D eigenvalue weighted by atomic mass is 15.6. The zero-order valence-electron chi connectivity index (χ0n) is 11.4. The Hall–Kier alpha value is -1.76. The molecule has 0 spiro atoms. The molecule has 7 nitrogen and oxygen atoms in total. The molecule has 2 aliphatic rings. The van der Waals surface area contributed by atoms with Crippen LogP contribution < -0.4 is 10.2 Å². The van der Waals surface area contributed by atoms with Gasteiger partial charge in [-0.25, -0.2) is 0 Å². The van der Waals surface area contributed by atoms with Crippen LogP contribution in [0.1, 0.15) is 32.1 Å². The molecule has 0 amide bonds. The SMILES string of the molecule is c1cc2nnnn2nc1N(CC1CCCCN1)C1CC1. The van der Waals surface area contributed by atoms with Gasteiger partial charge in [-0.2, -0.15) is 0 Å². The van der Waals surface area contributed by atoms with Crippen LogP contribution in [-0.4, -0.2) is 50.4 Å². The fourth-order valence-electron chi connectivity index (χ4n) is 2.93. The average Bonchev–Trinajstić information content (AvgIpc) is 3.22. The summed E-state index contributed by atoms with van der Waals surface area (Å²) in [4.78, 5) is 2.42. The smallest absolute Gasteiger partial charge is 0.200 e. The van der Waals surface area contributed by atoms with Crippen LogP contribution in [0.15, 0.2) is 12.1 Å². The molecule has 1 saturated heterocycles. The summed E-state index contributed by atoms with van der Waals surface area (Å²) in [5.41, 5.74) is 0.695. The van der Waals surface area contributed by atoms with Gasteiger partial charge >= 0.3 is 0 Å². The standard InChI is InChI=1S/C13H19N7/c1-2-8-14-10(3-1)9-19(11-4-5-11)13-7-6-12-15-17-18-20(12)16-13/h6-7,10-11,14H,1-5,8-9H2. The van der Waals surface area contributed by atoms with E-state index in [0.717, 1.165) is 18.9 Å². The fraction of sp³-hybridized carbons (Fsp3) is 0.692. The van der Waals surface area contributed by atoms with Crippen LogP contribution >= 0.6 is 0 Å². The predicted octanol–water partition coefficient (Wildman–Crippen LogP) is 0.630. The minimum atomic E-state index is 0.579. The van der Waals surface area contributed by atoms with Crippen LogP contribution in [0.5, 0.6) is 0 Å². The first kappa shape index (κ1) is 12.0. The molecule has 1 unspecified atom stereocenters. The van der Waals surface area contributed by atoms with E-state index in [1.807, 2.05) is 12.1 Å². The van der Waals surface area contributed by atoms with Crippen molar-refractivity contribution in [1.29, 1.82) is 0 Å². The van der Waals surface area contributed by atoms with E-state index in [2.05, 4.69) is 30.8 Å². The molecule has 2 aromatic heterocycles. The number of nitrogens with zero attached hydrogens (tertiary/aromatic N) is 6. The molecule has 2 fully saturated rings. The molecule has 0 radical (unpaired) electrons. The second-order valence-electron chi connectivity index (χ2n) is 5.75. The van der Waals surface area contributed by atoms with Crippen LogP contribution in [0.2, 0.25) is 0 Å². The first-order valence-electron chi connectivity index (χ1n) is 7.45. The zero-order valence-corrected chi connectivity index (χ0v) is 11.4. The van der Waals surface area contributed by atoms with E-state index in [9.17, 15) is 0 Å². The van der Waals surface area contributed by atoms with Gasteiger partial charge in [0.25, 0.3) is 0 Å². The van der Waals surface area contributed by atoms with Gasteiger partial charge in [0.1, 0.15) is 0 Å². The molecular formula is C13H19N7. The Balaban J connectivity index is 1.57. The summed E-state index contributed by atoms with van der Waals surface area (Å²) in [6.45, 7) is 2.17. The van der Waals surface area contributed by atoms with Crippen molar-refractivity contribution in [3.63, 3.8) is 0 Å². The van der Waals surface area contributed by atoms with Crippen molar-refractivity contribution in [2.24, 2.45) is 0 Å². The molecule has 0 aromatic carbocycles. The van der Waals surface area contributed by atoms with Gasteiger partial charge in [-0.1, -0.05) is 6.42 Å². The Kier molecular flexibility index (Phi) is 2.99. The van der Waals surface area contributed by atoms with Crippen molar-refractivity contribution in [3.05, 3.63) is 12.1 Å². The molecule has 106 valence electrons. The Morgan fingerprint density at radius 2 is 2.20 bits per heavy atom. The second kappa shape index (κ2) is 4.97. The fourth-order valence-corrected chi connectivity index (χ4v) is 2.93. The molecule has 1 aliphatic heterocycles. The van der Waals surface area contributed by atoms with Gasteiger partial charge in [-0.05, 0) is 54.8 Å². The number of piperidine rings is 1. The summed E-state index contributed by atoms with van der Waals surface area (Å²) in [6.07, 6.45) is 6.42. The van der Waals surface area contributed by atoms with Crippen LogP contribution in [0.4, 0.5) is 5.82 Å². The average molecular weight is 273 g/mol. The molecule has 7 heteroatoms. The van der Waals surface area contributed by atoms with Crippen molar-refractivity contribution in [2.45, 2.75) is 44.2 Å². The third-order valence-electron chi connectivity index (χ3n) is 4.17. The largest absolute Gasteiger partial charge is 0.351 e. The van der Waals surface area contributed by atoms with Crippen LogP contribution in [0.25, 0.3) is 5.65 Å². The summed E-state index contributed by atoms with van der Waals surface area (Å²) in [5, 5.41) is 19.6. The lowest BCUT2D eigenvalue weighted by Crippen LogP contribution is -2.45. The molecule has 1 atom stereocenters. The maximum atomic E-state index is 4.54. The zero-order chi connectivity index (χ0) is 13.4. The molecular weight excluding hydrogens is 254 g/mol. The van der Waals surface area contributed by atoms with Crippen molar-refractivity contribution in [1.82, 2.24) is 30.6 Å². The van der Waals surface area contributed by atoms with E-state index in [1.165, 1.54) is 36.7 Å². The van der Waals surface area contributed by atoms with E-state index in [0.29, 0.717) is 17.7 Å². The number of hydrogen-bond acceptors (Lipinski definition) is 6. The van der Waals surface area contributed by atoms with E-state index in [-0.39, 0.29) is 0 Å². The number of aromatic nitrogens is 5. The summed E-state index contributed by atoms with van der Waals surface area (Å²) in [6, 6.07) is 5.19. The maximum absolute atomic E-state index is 4.54. The topological polar surface area (TPSA) is 71.2 Å². The molecule has 1 aliphatic carbocycles. The third-order valence-corrected chi connectivity index (χ3v) is 4.17. The van der Waals surface area contributed by atoms with E-state index in [1.54, 1.807) is 0 Å². The van der Waals surface area contributed by atoms with Crippen molar-refractivity contribution in [2.75, 3.05) is 18.0 Å². The summed E-state index contributed by atoms with van der Waals surface area (Å²) in [5.74, 6) is 0.986. The molecule has 3 heterocycles. The van der Waals surface area contributed by atoms with Gasteiger partial charge in [0.2, 0.25) is 0 Å². The monoisotopic (exact) mass is 273 g/mol. The Bertz CT molecular complexity index is 585. The highest BCUT2D eigenvalue weighted by molar-refractivity contribution is 5.46. The van der Waals surface area contributed by atoms with Crippen molar-refractivity contribution in [3.8, 4) is 0 Å². The number of hydrogen-bond donors (Lipinski definition) is 1. The number of nitrogens with one attached hydrogen (secondary N) is 1. The normalized spacial score (nSPS) is 23.1. The second-order valence-corrected chi connectivity index (χ2v) is 5.75. The summed E-state index contributed by atoms with van der Waals surface area (Å²) in [7, 11) is 0. The van der Waals surface area contributed by atoms with Crippen molar-refractivity contribution < 1.29 is 0 Å². The first-order valence-corrected chi connectivity index (χ1v) is 7.45. The van der Waals surface area contributed by atoms with E-state index in [4.69, 9.17) is 0 Å². The quantitative estimate of drug-likeness (QED) is 0.881. The van der Waals surface area contributed by atoms with Gasteiger partial charge in [0, 0.05) is 18.6 Å². The van der Waals surface area contributed by atoms with Crippen LogP contribution in [0, 0.1) is 0 Å². The predicted molar refractivity (Wildman–Crippen MR) is 74.6 cm³/mol. The Labute approximate surface area is 117 Å². The summed E-state index contributed by atoms with van der Waals surface area (Å²) < 4.78 is 1.51. The Morgan fingerprint density at radius 3 is 3.00 bits per heavy atom. The Morgan fingerprint density at radius 1 is 1.25 bits per heavy atom. The minimum absolute atomic E-state index is 0.579. The minimum Gasteiger partial charge on any atom is -0.351 e. The van der Waals surface area contributed by atoms with E-state index >= 15 is 0 Å². The molecule has 1 saturated carbocycles. The highest BCUT2D eigenvalue weighted by Crippen LogP contribution is 2.31. The number of fused-ring (bicyclic) bond motifs is 1. The van der Waals surface area contributed by atoms with Gasteiger partial charge in [0.05, 0.1) is 0 Å². The van der Waals surface area contributed by atoms with Gasteiger partial charge in [-0.3, -0.25) is 0 Å². The first-order chi connectivity index (χ1) is 9.90. The summed E-state index contributed by atoms with van der Waals surface area (Å²) >= 11 is 0. The third kappa shape index (κ3) is 2.33.